The molecule has 0 amide bonds. The first-order chi connectivity index (χ1) is 6.52. The molecule has 1 rings (SSSR count). The Bertz CT molecular complexity index is 361. The molecule has 0 unspecified atom stereocenters. The number of nitrogens with zero attached hydrogens (tertiary/aromatic N) is 2. The number of aliphatic imine (C=N–C) groups is 1. The molecule has 1 aliphatic heterocycles. The van der Waals surface area contributed by atoms with E-state index >= 15 is 0 Å². The first-order valence-electron chi connectivity index (χ1n) is 3.54. The predicted octanol–water partition coefficient (Wildman–Crippen LogP) is -0.289. The molecule has 0 atom stereocenters. The predicted molar refractivity (Wildman–Crippen MR) is 51.2 cm³/mol. The Balaban J connectivity index is 2.95. The van der Waals surface area contributed by atoms with Gasteiger partial charge in [-0.3, -0.25) is 0 Å². The molecule has 0 aromatic rings. The van der Waals surface area contributed by atoms with Gasteiger partial charge in [-0.15, -0.1) is 0 Å². The second kappa shape index (κ2) is 3.97. The Kier molecular flexibility index (Phi) is 2.92. The highest BCUT2D eigenvalue weighted by Crippen LogP contribution is 2.10. The van der Waals surface area contributed by atoms with Crippen molar-refractivity contribution >= 4 is 35.5 Å². The largest absolute Gasteiger partial charge is 0.478 e. The summed E-state index contributed by atoms with van der Waals surface area (Å²) in [5.74, 6) is -2.68. The highest BCUT2D eigenvalue weighted by atomic mass is 32.1. The van der Waals surface area contributed by atoms with Crippen LogP contribution in [-0.4, -0.2) is 44.9 Å². The summed E-state index contributed by atoms with van der Waals surface area (Å²) < 4.78 is 0. The summed E-state index contributed by atoms with van der Waals surface area (Å²) in [6.07, 6.45) is 2.00. The number of carboxylic acid groups (broad SMARTS) is 2. The molecule has 0 saturated carbocycles. The lowest BCUT2D eigenvalue weighted by molar-refractivity contribution is -0.136. The van der Waals surface area contributed by atoms with Crippen molar-refractivity contribution in [2.45, 2.75) is 0 Å². The van der Waals surface area contributed by atoms with Crippen molar-refractivity contribution in [2.24, 2.45) is 4.99 Å². The van der Waals surface area contributed by atoms with E-state index in [1.807, 2.05) is 0 Å². The highest BCUT2D eigenvalue weighted by Gasteiger charge is 2.23. The van der Waals surface area contributed by atoms with E-state index < -0.39 is 11.9 Å². The minimum Gasteiger partial charge on any atom is -0.478 e. The van der Waals surface area contributed by atoms with Gasteiger partial charge < -0.3 is 15.1 Å². The molecule has 0 saturated heterocycles. The van der Waals surface area contributed by atoms with Gasteiger partial charge in [0.1, 0.15) is 5.70 Å². The molecule has 0 radical (unpaired) electrons. The third-order valence-electron chi connectivity index (χ3n) is 1.47. The third kappa shape index (κ3) is 2.13. The van der Waals surface area contributed by atoms with Gasteiger partial charge in [-0.05, 0) is 12.2 Å². The van der Waals surface area contributed by atoms with E-state index in [2.05, 4.69) is 4.99 Å². The Hall–Kier alpha value is -1.76. The van der Waals surface area contributed by atoms with Crippen LogP contribution in [0.2, 0.25) is 0 Å². The molecule has 0 bridgehead atoms. The van der Waals surface area contributed by atoms with E-state index in [0.29, 0.717) is 6.08 Å². The lowest BCUT2D eigenvalue weighted by Crippen LogP contribution is -2.29. The normalized spacial score (nSPS) is 16.1. The molecule has 0 aromatic carbocycles. The molecular weight excluding hydrogens is 208 g/mol. The number of carboxylic acids is 2. The van der Waals surface area contributed by atoms with Crippen LogP contribution in [0.25, 0.3) is 0 Å². The van der Waals surface area contributed by atoms with Crippen LogP contribution in [0, 0.1) is 0 Å². The maximum atomic E-state index is 10.7. The number of thiocarbonyl (C=S) groups is 1. The van der Waals surface area contributed by atoms with Crippen LogP contribution in [-0.2, 0) is 9.59 Å². The minimum atomic E-state index is -1.35. The van der Waals surface area contributed by atoms with Gasteiger partial charge in [0.15, 0.2) is 5.11 Å². The summed E-state index contributed by atoms with van der Waals surface area (Å²) in [5, 5.41) is 17.2. The summed E-state index contributed by atoms with van der Waals surface area (Å²) in [6, 6.07) is 0. The number of hydrogen-bond donors (Lipinski definition) is 2. The van der Waals surface area contributed by atoms with E-state index in [1.54, 1.807) is 0 Å². The van der Waals surface area contributed by atoms with Crippen LogP contribution in [0.15, 0.2) is 16.8 Å². The number of aliphatic carboxylic acids is 2. The SMILES string of the molecule is O=C(O)/C=C(/C(=O)O)N1CC=NC1=S. The monoisotopic (exact) mass is 214 g/mol. The van der Waals surface area contributed by atoms with Gasteiger partial charge in [0.25, 0.3) is 0 Å². The van der Waals surface area contributed by atoms with Crippen molar-refractivity contribution in [2.75, 3.05) is 6.54 Å². The minimum absolute atomic E-state index is 0.0555. The van der Waals surface area contributed by atoms with Gasteiger partial charge in [0.05, 0.1) is 12.6 Å². The van der Waals surface area contributed by atoms with E-state index in [-0.39, 0.29) is 17.4 Å². The van der Waals surface area contributed by atoms with Gasteiger partial charge in [-0.2, -0.15) is 0 Å². The maximum Gasteiger partial charge on any atom is 0.352 e. The fraction of sp³-hybridized carbons (Fsp3) is 0.143. The van der Waals surface area contributed by atoms with E-state index in [9.17, 15) is 9.59 Å². The number of carbonyl (C=O) groups is 2. The van der Waals surface area contributed by atoms with Gasteiger partial charge in [-0.25, -0.2) is 14.6 Å². The second-order valence-electron chi connectivity index (χ2n) is 2.38. The lowest BCUT2D eigenvalue weighted by Gasteiger charge is -2.15. The van der Waals surface area contributed by atoms with E-state index in [4.69, 9.17) is 22.4 Å². The summed E-state index contributed by atoms with van der Waals surface area (Å²) in [6.45, 7) is 0.185. The van der Waals surface area contributed by atoms with Crippen molar-refractivity contribution in [3.8, 4) is 0 Å². The molecule has 2 N–H and O–H groups in total. The lowest BCUT2D eigenvalue weighted by atomic mass is 10.3. The summed E-state index contributed by atoms with van der Waals surface area (Å²) in [4.78, 5) is 25.8. The molecule has 1 heterocycles. The molecule has 0 aromatic heterocycles. The molecule has 0 spiro atoms. The average molecular weight is 214 g/mol. The quantitative estimate of drug-likeness (QED) is 0.495. The summed E-state index contributed by atoms with van der Waals surface area (Å²) in [5.41, 5.74) is -0.389. The molecule has 6 nitrogen and oxygen atoms in total. The molecule has 7 heteroatoms. The van der Waals surface area contributed by atoms with Gasteiger partial charge in [-0.1, -0.05) is 0 Å². The van der Waals surface area contributed by atoms with Crippen LogP contribution >= 0.6 is 12.2 Å². The van der Waals surface area contributed by atoms with Gasteiger partial charge in [0.2, 0.25) is 0 Å². The fourth-order valence-corrected chi connectivity index (χ4v) is 1.17. The number of hydrogen-bond acceptors (Lipinski definition) is 3. The zero-order chi connectivity index (χ0) is 10.7. The van der Waals surface area contributed by atoms with Gasteiger partial charge in [0, 0.05) is 6.21 Å². The zero-order valence-electron chi connectivity index (χ0n) is 6.88. The zero-order valence-corrected chi connectivity index (χ0v) is 7.69. The molecular formula is C7H6N2O4S. The van der Waals surface area contributed by atoms with Gasteiger partial charge >= 0.3 is 11.9 Å². The molecule has 74 valence electrons. The van der Waals surface area contributed by atoms with Crippen LogP contribution in [0.3, 0.4) is 0 Å². The van der Waals surface area contributed by atoms with Crippen LogP contribution in [0.4, 0.5) is 0 Å². The van der Waals surface area contributed by atoms with Crippen molar-refractivity contribution in [3.05, 3.63) is 11.8 Å². The highest BCUT2D eigenvalue weighted by molar-refractivity contribution is 7.80. The number of rotatable bonds is 3. The van der Waals surface area contributed by atoms with Crippen molar-refractivity contribution in [1.29, 1.82) is 0 Å². The first kappa shape index (κ1) is 10.3. The average Bonchev–Trinajstić information content (AvgIpc) is 2.46. The van der Waals surface area contributed by atoms with E-state index in [1.165, 1.54) is 6.21 Å². The molecule has 1 aliphatic rings. The van der Waals surface area contributed by atoms with Crippen molar-refractivity contribution in [1.82, 2.24) is 4.90 Å². The Morgan fingerprint density at radius 3 is 2.57 bits per heavy atom. The van der Waals surface area contributed by atoms with Crippen LogP contribution in [0.5, 0.6) is 0 Å². The van der Waals surface area contributed by atoms with Crippen LogP contribution in [0.1, 0.15) is 0 Å². The first-order valence-corrected chi connectivity index (χ1v) is 3.95. The summed E-state index contributed by atoms with van der Waals surface area (Å²) in [7, 11) is 0. The molecule has 14 heavy (non-hydrogen) atoms. The van der Waals surface area contributed by atoms with Crippen molar-refractivity contribution in [3.63, 3.8) is 0 Å². The Morgan fingerprint density at radius 1 is 1.57 bits per heavy atom. The topological polar surface area (TPSA) is 90.2 Å². The Labute approximate surface area is 84.2 Å². The maximum absolute atomic E-state index is 10.7. The smallest absolute Gasteiger partial charge is 0.352 e. The standard InChI is InChI=1S/C7H6N2O4S/c10-5(11)3-4(6(12)13)9-2-1-8-7(9)14/h1,3H,2H2,(H,10,11)(H,12,13)/b4-3-. The molecule has 0 fully saturated rings. The van der Waals surface area contributed by atoms with Crippen LogP contribution < -0.4 is 0 Å². The van der Waals surface area contributed by atoms with E-state index in [0.717, 1.165) is 4.90 Å². The molecule has 0 aliphatic carbocycles. The second-order valence-corrected chi connectivity index (χ2v) is 2.74. The third-order valence-corrected chi connectivity index (χ3v) is 1.79. The fourth-order valence-electron chi connectivity index (χ4n) is 0.922. The Morgan fingerprint density at radius 2 is 2.21 bits per heavy atom. The van der Waals surface area contributed by atoms with Crippen molar-refractivity contribution < 1.29 is 19.8 Å². The summed E-state index contributed by atoms with van der Waals surface area (Å²) >= 11 is 4.72.